The van der Waals surface area contributed by atoms with Crippen molar-refractivity contribution in [3.05, 3.63) is 72.9 Å². The topological polar surface area (TPSA) is 78.9 Å². The number of ether oxygens (including phenoxy) is 3. The molecule has 6 heteroatoms. The lowest BCUT2D eigenvalue weighted by Crippen LogP contribution is -2.30. The van der Waals surface area contributed by atoms with Gasteiger partial charge in [-0.2, -0.15) is 0 Å². The summed E-state index contributed by atoms with van der Waals surface area (Å²) in [5.74, 6) is -1.03. The van der Waals surface area contributed by atoms with Crippen LogP contribution >= 0.6 is 0 Å². The highest BCUT2D eigenvalue weighted by molar-refractivity contribution is 5.72. The van der Waals surface area contributed by atoms with E-state index < -0.39 is 12.1 Å². The zero-order valence-corrected chi connectivity index (χ0v) is 51.9. The van der Waals surface area contributed by atoms with E-state index in [1.807, 2.05) is 6.08 Å². The van der Waals surface area contributed by atoms with E-state index in [0.717, 1.165) is 83.5 Å². The van der Waals surface area contributed by atoms with Gasteiger partial charge in [-0.1, -0.05) is 331 Å². The normalized spacial score (nSPS) is 12.5. The van der Waals surface area contributed by atoms with E-state index in [9.17, 15) is 14.4 Å². The summed E-state index contributed by atoms with van der Waals surface area (Å²) in [6, 6.07) is 0. The summed E-state index contributed by atoms with van der Waals surface area (Å²) in [4.78, 5) is 38.2. The Balaban J connectivity index is 4.26. The van der Waals surface area contributed by atoms with Crippen molar-refractivity contribution in [3.8, 4) is 0 Å². The van der Waals surface area contributed by atoms with Gasteiger partial charge >= 0.3 is 17.9 Å². The molecule has 0 aromatic carbocycles. The Morgan fingerprint density at radius 3 is 0.885 bits per heavy atom. The fourth-order valence-corrected chi connectivity index (χ4v) is 9.93. The lowest BCUT2D eigenvalue weighted by molar-refractivity contribution is -0.166. The van der Waals surface area contributed by atoms with Gasteiger partial charge in [0.05, 0.1) is 6.42 Å². The molecule has 0 aliphatic carbocycles. The molecule has 6 nitrogen and oxygen atoms in total. The van der Waals surface area contributed by atoms with Gasteiger partial charge in [-0.05, 0) is 70.6 Å². The van der Waals surface area contributed by atoms with Gasteiger partial charge in [-0.25, -0.2) is 0 Å². The fraction of sp³-hybridized carbons (Fsp3) is 0.792. The van der Waals surface area contributed by atoms with Crippen LogP contribution in [0.25, 0.3) is 0 Å². The monoisotopic (exact) mass is 1090 g/mol. The van der Waals surface area contributed by atoms with Crippen LogP contribution in [0.1, 0.15) is 348 Å². The highest BCUT2D eigenvalue weighted by Crippen LogP contribution is 2.18. The molecule has 0 rings (SSSR count). The molecule has 1 unspecified atom stereocenters. The van der Waals surface area contributed by atoms with Crippen molar-refractivity contribution < 1.29 is 28.6 Å². The average Bonchev–Trinajstić information content (AvgIpc) is 3.44. The number of esters is 3. The van der Waals surface area contributed by atoms with Crippen molar-refractivity contribution in [1.82, 2.24) is 0 Å². The molecule has 0 N–H and O–H groups in total. The minimum atomic E-state index is -0.819. The van der Waals surface area contributed by atoms with Crippen LogP contribution in [0.5, 0.6) is 0 Å². The summed E-state index contributed by atoms with van der Waals surface area (Å²) < 4.78 is 16.8. The molecule has 0 heterocycles. The molecule has 0 amide bonds. The zero-order valence-electron chi connectivity index (χ0n) is 51.9. The Morgan fingerprint density at radius 1 is 0.282 bits per heavy atom. The molecular weight excluding hydrogens is 961 g/mol. The first-order valence-corrected chi connectivity index (χ1v) is 33.9. The molecule has 0 aliphatic rings. The third kappa shape index (κ3) is 63.7. The quantitative estimate of drug-likeness (QED) is 0.0261. The average molecular weight is 1090 g/mol. The summed E-state index contributed by atoms with van der Waals surface area (Å²) in [5, 5.41) is 0. The van der Waals surface area contributed by atoms with E-state index in [0.29, 0.717) is 12.8 Å². The van der Waals surface area contributed by atoms with Crippen LogP contribution < -0.4 is 0 Å². The van der Waals surface area contributed by atoms with Crippen LogP contribution in [-0.4, -0.2) is 37.2 Å². The van der Waals surface area contributed by atoms with E-state index in [2.05, 4.69) is 81.5 Å². The van der Waals surface area contributed by atoms with E-state index in [-0.39, 0.29) is 31.6 Å². The summed E-state index contributed by atoms with van der Waals surface area (Å²) in [7, 11) is 0. The third-order valence-electron chi connectivity index (χ3n) is 15.0. The predicted molar refractivity (Wildman–Crippen MR) is 339 cm³/mol. The smallest absolute Gasteiger partial charge is 0.309 e. The van der Waals surface area contributed by atoms with Gasteiger partial charge in [0, 0.05) is 12.8 Å². The van der Waals surface area contributed by atoms with Gasteiger partial charge in [0.25, 0.3) is 0 Å². The third-order valence-corrected chi connectivity index (χ3v) is 15.0. The first kappa shape index (κ1) is 74.8. The molecule has 0 spiro atoms. The Bertz CT molecular complexity index is 1440. The fourth-order valence-electron chi connectivity index (χ4n) is 9.93. The largest absolute Gasteiger partial charge is 0.462 e. The molecule has 78 heavy (non-hydrogen) atoms. The summed E-state index contributed by atoms with van der Waals surface area (Å²) >= 11 is 0. The molecule has 452 valence electrons. The van der Waals surface area contributed by atoms with E-state index in [4.69, 9.17) is 14.2 Å². The van der Waals surface area contributed by atoms with Crippen LogP contribution in [0.15, 0.2) is 72.9 Å². The molecule has 0 aromatic rings. The maximum atomic E-state index is 12.9. The van der Waals surface area contributed by atoms with Gasteiger partial charge < -0.3 is 14.2 Å². The van der Waals surface area contributed by atoms with Crippen molar-refractivity contribution in [2.75, 3.05) is 13.2 Å². The number of rotatable bonds is 62. The van der Waals surface area contributed by atoms with Gasteiger partial charge in [-0.15, -0.1) is 0 Å². The molecule has 0 fully saturated rings. The molecule has 1 atom stereocenters. The number of hydrogen-bond acceptors (Lipinski definition) is 6. The van der Waals surface area contributed by atoms with Crippen molar-refractivity contribution in [3.63, 3.8) is 0 Å². The van der Waals surface area contributed by atoms with Crippen molar-refractivity contribution in [2.24, 2.45) is 0 Å². The Labute approximate surface area is 484 Å². The number of unbranched alkanes of at least 4 members (excludes halogenated alkanes) is 40. The maximum Gasteiger partial charge on any atom is 0.309 e. The van der Waals surface area contributed by atoms with Gasteiger partial charge in [0.1, 0.15) is 13.2 Å². The van der Waals surface area contributed by atoms with E-state index >= 15 is 0 Å². The van der Waals surface area contributed by atoms with E-state index in [1.165, 1.54) is 225 Å². The van der Waals surface area contributed by atoms with Crippen LogP contribution in [0, 0.1) is 0 Å². The first-order valence-electron chi connectivity index (χ1n) is 33.9. The van der Waals surface area contributed by atoms with Crippen molar-refractivity contribution in [2.45, 2.75) is 354 Å². The van der Waals surface area contributed by atoms with Gasteiger partial charge in [0.2, 0.25) is 0 Å². The van der Waals surface area contributed by atoms with Crippen molar-refractivity contribution in [1.29, 1.82) is 0 Å². The van der Waals surface area contributed by atoms with Gasteiger partial charge in [0.15, 0.2) is 6.10 Å². The zero-order chi connectivity index (χ0) is 56.4. The summed E-state index contributed by atoms with van der Waals surface area (Å²) in [6.07, 6.45) is 86.8. The number of hydrogen-bond donors (Lipinski definition) is 0. The lowest BCUT2D eigenvalue weighted by atomic mass is 10.0. The molecule has 0 radical (unpaired) electrons. The predicted octanol–water partition coefficient (Wildman–Crippen LogP) is 23.3. The Morgan fingerprint density at radius 2 is 0.551 bits per heavy atom. The minimum absolute atomic E-state index is 0.106. The lowest BCUT2D eigenvalue weighted by Gasteiger charge is -2.18. The van der Waals surface area contributed by atoms with Crippen LogP contribution in [0.4, 0.5) is 0 Å². The second-order valence-electron chi connectivity index (χ2n) is 22.7. The Hall–Kier alpha value is -3.15. The van der Waals surface area contributed by atoms with Crippen LogP contribution in [0.3, 0.4) is 0 Å². The first-order chi connectivity index (χ1) is 38.5. The highest BCUT2D eigenvalue weighted by Gasteiger charge is 2.19. The standard InChI is InChI=1S/C72H128O6/c1-4-7-10-13-16-19-22-25-28-30-31-32-33-34-35-36-37-38-39-40-41-42-45-47-50-53-56-59-62-65-71(74)77-68-69(67-76-70(73)64-61-58-55-52-49-46-43-27-24-21-18-15-12-9-6-3)78-72(75)66-63-60-57-54-51-48-44-29-26-23-20-17-14-11-8-5-2/h9,12,18,21,27,29,43-44,49,52,58,61,69H,4-8,10-11,13-17,19-20,22-26,28,30-42,45-48,50-51,53-57,59-60,62-68H2,1-3H3/b12-9-,21-18-,43-27-,44-29-,52-49-,61-58-. The second kappa shape index (κ2) is 66.4. The molecule has 0 bridgehead atoms. The Kier molecular flexibility index (Phi) is 63.7. The molecule has 0 saturated carbocycles. The summed E-state index contributed by atoms with van der Waals surface area (Å²) in [6.45, 7) is 6.48. The molecule has 0 saturated heterocycles. The highest BCUT2D eigenvalue weighted by atomic mass is 16.6. The second-order valence-corrected chi connectivity index (χ2v) is 22.7. The minimum Gasteiger partial charge on any atom is -0.462 e. The maximum absolute atomic E-state index is 12.9. The SMILES string of the molecule is CC/C=C\C/C=C\C/C=C\C/C=C\C/C=C\CC(=O)OCC(COC(=O)CCCCCCCCCCCCCCCCCCCCCCCCCCCCCCC)OC(=O)CCCCCCC/C=C\CCCCCCCCC. The molecular formula is C72H128O6. The van der Waals surface area contributed by atoms with Crippen LogP contribution in [-0.2, 0) is 28.6 Å². The number of allylic oxidation sites excluding steroid dienone is 11. The molecule has 0 aromatic heterocycles. The molecule has 0 aliphatic heterocycles. The van der Waals surface area contributed by atoms with E-state index in [1.54, 1.807) is 6.08 Å². The number of carbonyl (C=O) groups is 3. The summed E-state index contributed by atoms with van der Waals surface area (Å²) in [5.41, 5.74) is 0. The number of carbonyl (C=O) groups excluding carboxylic acids is 3. The van der Waals surface area contributed by atoms with Crippen LogP contribution in [0.2, 0.25) is 0 Å². The van der Waals surface area contributed by atoms with Gasteiger partial charge in [-0.3, -0.25) is 14.4 Å². The van der Waals surface area contributed by atoms with Crippen molar-refractivity contribution >= 4 is 17.9 Å².